The molecule has 7 heteroatoms. The van der Waals surface area contributed by atoms with E-state index in [0.717, 1.165) is 23.8 Å². The molecule has 0 aliphatic carbocycles. The third-order valence-electron chi connectivity index (χ3n) is 4.19. The minimum absolute atomic E-state index is 0.0198. The van der Waals surface area contributed by atoms with Gasteiger partial charge in [0.05, 0.1) is 24.5 Å². The number of nitrogens with one attached hydrogen (secondary N) is 1. The van der Waals surface area contributed by atoms with Crippen molar-refractivity contribution in [2.45, 2.75) is 38.4 Å². The van der Waals surface area contributed by atoms with Crippen molar-refractivity contribution in [3.05, 3.63) is 35.8 Å². The maximum Gasteiger partial charge on any atom is 0.224 e. The minimum Gasteiger partial charge on any atom is -0.444 e. The van der Waals surface area contributed by atoms with Gasteiger partial charge in [-0.3, -0.25) is 9.48 Å². The molecule has 1 amide bonds. The summed E-state index contributed by atoms with van der Waals surface area (Å²) in [5, 5.41) is 7.63. The Morgan fingerprint density at radius 1 is 1.45 bits per heavy atom. The molecule has 0 bridgehead atoms. The topological polar surface area (TPSA) is 76.2 Å². The Kier molecular flexibility index (Phi) is 3.98. The van der Waals surface area contributed by atoms with E-state index >= 15 is 0 Å². The van der Waals surface area contributed by atoms with Gasteiger partial charge in [0, 0.05) is 39.2 Å². The zero-order valence-electron chi connectivity index (χ0n) is 13.1. The number of hydrogen-bond donors (Lipinski definition) is 1. The van der Waals surface area contributed by atoms with Crippen LogP contribution in [0.4, 0.5) is 0 Å². The first-order valence-electron chi connectivity index (χ1n) is 7.50. The lowest BCUT2D eigenvalue weighted by Crippen LogP contribution is -2.35. The van der Waals surface area contributed by atoms with Crippen molar-refractivity contribution in [3.8, 4) is 0 Å². The molecule has 7 nitrogen and oxygen atoms in total. The van der Waals surface area contributed by atoms with Crippen LogP contribution in [-0.2, 0) is 24.8 Å². The number of likely N-dealkylation sites (tertiary alicyclic amines) is 1. The van der Waals surface area contributed by atoms with Crippen molar-refractivity contribution in [2.24, 2.45) is 7.05 Å². The van der Waals surface area contributed by atoms with Crippen LogP contribution in [0.25, 0.3) is 0 Å². The molecule has 2 atom stereocenters. The van der Waals surface area contributed by atoms with Gasteiger partial charge in [0.25, 0.3) is 0 Å². The van der Waals surface area contributed by atoms with E-state index in [1.54, 1.807) is 17.3 Å². The minimum atomic E-state index is -0.0198. The highest BCUT2D eigenvalue weighted by Crippen LogP contribution is 2.31. The Morgan fingerprint density at radius 2 is 2.27 bits per heavy atom. The molecule has 1 aliphatic heterocycles. The standard InChI is InChI=1S/C15H21N5O2/c1-4-13-17-9-10(22-13)8-16-11-7-14(21)19(2)15(11)12-5-6-18-20(12)3/h5-6,9,11,15-16H,4,7-8H2,1-3H3/t11-,15-/m1/s1. The van der Waals surface area contributed by atoms with Crippen molar-refractivity contribution in [3.63, 3.8) is 0 Å². The maximum absolute atomic E-state index is 12.1. The molecule has 0 spiro atoms. The van der Waals surface area contributed by atoms with Gasteiger partial charge in [-0.2, -0.15) is 5.10 Å². The largest absolute Gasteiger partial charge is 0.444 e. The number of likely N-dealkylation sites (N-methyl/N-ethyl adjacent to an activating group) is 1. The van der Waals surface area contributed by atoms with Gasteiger partial charge in [-0.15, -0.1) is 0 Å². The van der Waals surface area contributed by atoms with Gasteiger partial charge in [-0.1, -0.05) is 6.92 Å². The molecule has 2 aromatic heterocycles. The van der Waals surface area contributed by atoms with Gasteiger partial charge < -0.3 is 14.6 Å². The molecule has 1 aliphatic rings. The second-order valence-electron chi connectivity index (χ2n) is 5.59. The van der Waals surface area contributed by atoms with Crippen molar-refractivity contribution >= 4 is 5.91 Å². The van der Waals surface area contributed by atoms with Crippen molar-refractivity contribution in [1.29, 1.82) is 0 Å². The number of oxazole rings is 1. The van der Waals surface area contributed by atoms with Crippen LogP contribution in [-0.4, -0.2) is 38.7 Å². The fourth-order valence-corrected chi connectivity index (χ4v) is 2.96. The number of aryl methyl sites for hydroxylation is 2. The Bertz CT molecular complexity index is 662. The van der Waals surface area contributed by atoms with E-state index in [1.807, 2.05) is 31.8 Å². The molecule has 3 rings (SSSR count). The van der Waals surface area contributed by atoms with E-state index in [4.69, 9.17) is 4.42 Å². The quantitative estimate of drug-likeness (QED) is 0.893. The van der Waals surface area contributed by atoms with Crippen LogP contribution in [0.5, 0.6) is 0 Å². The van der Waals surface area contributed by atoms with Gasteiger partial charge in [0.15, 0.2) is 5.89 Å². The van der Waals surface area contributed by atoms with Crippen LogP contribution < -0.4 is 5.32 Å². The van der Waals surface area contributed by atoms with Crippen LogP contribution in [0, 0.1) is 0 Å². The summed E-state index contributed by atoms with van der Waals surface area (Å²) in [6.07, 6.45) is 4.75. The van der Waals surface area contributed by atoms with E-state index in [2.05, 4.69) is 15.4 Å². The monoisotopic (exact) mass is 303 g/mol. The zero-order valence-corrected chi connectivity index (χ0v) is 13.1. The van der Waals surface area contributed by atoms with Crippen molar-refractivity contribution in [2.75, 3.05) is 7.05 Å². The summed E-state index contributed by atoms with van der Waals surface area (Å²) < 4.78 is 7.42. The highest BCUT2D eigenvalue weighted by atomic mass is 16.4. The first kappa shape index (κ1) is 14.8. The summed E-state index contributed by atoms with van der Waals surface area (Å²) in [4.78, 5) is 18.1. The SMILES string of the molecule is CCc1ncc(CN[C@@H]2CC(=O)N(C)[C@H]2c2ccnn2C)o1. The van der Waals surface area contributed by atoms with Gasteiger partial charge in [0.1, 0.15) is 5.76 Å². The van der Waals surface area contributed by atoms with E-state index < -0.39 is 0 Å². The second kappa shape index (κ2) is 5.92. The number of nitrogens with zero attached hydrogens (tertiary/aromatic N) is 4. The van der Waals surface area contributed by atoms with Gasteiger partial charge in [-0.05, 0) is 6.07 Å². The Balaban J connectivity index is 1.73. The maximum atomic E-state index is 12.1. The number of rotatable bonds is 5. The fourth-order valence-electron chi connectivity index (χ4n) is 2.96. The normalized spacial score (nSPS) is 21.8. The smallest absolute Gasteiger partial charge is 0.224 e. The highest BCUT2D eigenvalue weighted by molar-refractivity contribution is 5.80. The summed E-state index contributed by atoms with van der Waals surface area (Å²) in [5.74, 6) is 1.66. The number of hydrogen-bond acceptors (Lipinski definition) is 5. The molecule has 0 radical (unpaired) electrons. The number of amides is 1. The van der Waals surface area contributed by atoms with Crippen LogP contribution >= 0.6 is 0 Å². The molecular weight excluding hydrogens is 282 g/mol. The van der Waals surface area contributed by atoms with Gasteiger partial charge >= 0.3 is 0 Å². The third kappa shape index (κ3) is 2.64. The molecule has 2 aromatic rings. The molecular formula is C15H21N5O2. The van der Waals surface area contributed by atoms with E-state index in [0.29, 0.717) is 13.0 Å². The fraction of sp³-hybridized carbons (Fsp3) is 0.533. The summed E-state index contributed by atoms with van der Waals surface area (Å²) in [5.41, 5.74) is 1.03. The zero-order chi connectivity index (χ0) is 15.7. The summed E-state index contributed by atoms with van der Waals surface area (Å²) in [6, 6.07) is 1.97. The average Bonchev–Trinajstić information content (AvgIpc) is 3.19. The summed E-state index contributed by atoms with van der Waals surface area (Å²) >= 11 is 0. The lowest BCUT2D eigenvalue weighted by atomic mass is 10.1. The summed E-state index contributed by atoms with van der Waals surface area (Å²) in [7, 11) is 3.73. The molecule has 0 saturated carbocycles. The van der Waals surface area contributed by atoms with Crippen molar-refractivity contribution < 1.29 is 9.21 Å². The lowest BCUT2D eigenvalue weighted by molar-refractivity contribution is -0.127. The highest BCUT2D eigenvalue weighted by Gasteiger charge is 2.39. The predicted molar refractivity (Wildman–Crippen MR) is 79.8 cm³/mol. The molecule has 0 unspecified atom stereocenters. The van der Waals surface area contributed by atoms with Crippen LogP contribution in [0.2, 0.25) is 0 Å². The van der Waals surface area contributed by atoms with Gasteiger partial charge in [0.2, 0.25) is 5.91 Å². The van der Waals surface area contributed by atoms with E-state index in [9.17, 15) is 4.79 Å². The van der Waals surface area contributed by atoms with E-state index in [1.165, 1.54) is 0 Å². The number of carbonyl (C=O) groups excluding carboxylic acids is 1. The Labute approximate surface area is 129 Å². The Hall–Kier alpha value is -2.15. The average molecular weight is 303 g/mol. The first-order chi connectivity index (χ1) is 10.6. The Morgan fingerprint density at radius 3 is 2.91 bits per heavy atom. The van der Waals surface area contributed by atoms with Crippen molar-refractivity contribution in [1.82, 2.24) is 25.0 Å². The van der Waals surface area contributed by atoms with Gasteiger partial charge in [-0.25, -0.2) is 4.98 Å². The second-order valence-corrected chi connectivity index (χ2v) is 5.59. The first-order valence-corrected chi connectivity index (χ1v) is 7.50. The predicted octanol–water partition coefficient (Wildman–Crippen LogP) is 1.03. The van der Waals surface area contributed by atoms with Crippen LogP contribution in [0.3, 0.4) is 0 Å². The summed E-state index contributed by atoms with van der Waals surface area (Å²) in [6.45, 7) is 2.57. The molecule has 22 heavy (non-hydrogen) atoms. The molecule has 118 valence electrons. The molecule has 1 saturated heterocycles. The molecule has 0 aromatic carbocycles. The third-order valence-corrected chi connectivity index (χ3v) is 4.19. The number of aromatic nitrogens is 3. The molecule has 1 fully saturated rings. The van der Waals surface area contributed by atoms with Crippen LogP contribution in [0.15, 0.2) is 22.9 Å². The van der Waals surface area contributed by atoms with Crippen LogP contribution in [0.1, 0.15) is 36.7 Å². The van der Waals surface area contributed by atoms with E-state index in [-0.39, 0.29) is 18.0 Å². The molecule has 3 heterocycles. The lowest BCUT2D eigenvalue weighted by Gasteiger charge is -2.25. The molecule has 1 N–H and O–H groups in total. The number of carbonyl (C=O) groups is 1.